The Morgan fingerprint density at radius 3 is 2.54 bits per heavy atom. The molecule has 1 N–H and O–H groups in total. The van der Waals surface area contributed by atoms with Gasteiger partial charge in [-0.1, -0.05) is 11.6 Å². The van der Waals surface area contributed by atoms with Gasteiger partial charge in [-0.25, -0.2) is 0 Å². The Morgan fingerprint density at radius 2 is 2.08 bits per heavy atom. The monoisotopic (exact) mass is 199 g/mol. The summed E-state index contributed by atoms with van der Waals surface area (Å²) in [6, 6.07) is 5.05. The molecule has 0 aliphatic carbocycles. The van der Waals surface area contributed by atoms with Gasteiger partial charge in [0.2, 0.25) is 5.90 Å². The SMILES string of the molecule is COC(=N)c1ccc(OC)c(Cl)c1. The van der Waals surface area contributed by atoms with E-state index < -0.39 is 0 Å². The van der Waals surface area contributed by atoms with Crippen LogP contribution in [-0.2, 0) is 4.74 Å². The zero-order valence-electron chi connectivity index (χ0n) is 7.43. The van der Waals surface area contributed by atoms with E-state index in [-0.39, 0.29) is 5.90 Å². The zero-order valence-corrected chi connectivity index (χ0v) is 8.18. The molecular formula is C9H10ClNO2. The highest BCUT2D eigenvalue weighted by Crippen LogP contribution is 2.24. The summed E-state index contributed by atoms with van der Waals surface area (Å²) in [5.74, 6) is 0.680. The van der Waals surface area contributed by atoms with Crippen molar-refractivity contribution in [3.05, 3.63) is 28.8 Å². The Morgan fingerprint density at radius 1 is 1.38 bits per heavy atom. The molecule has 0 bridgehead atoms. The van der Waals surface area contributed by atoms with E-state index in [1.54, 1.807) is 25.3 Å². The number of halogens is 1. The molecule has 0 heterocycles. The molecule has 1 aromatic rings. The van der Waals surface area contributed by atoms with Crippen molar-refractivity contribution < 1.29 is 9.47 Å². The van der Waals surface area contributed by atoms with Crippen molar-refractivity contribution in [3.8, 4) is 5.75 Å². The van der Waals surface area contributed by atoms with Gasteiger partial charge in [0.25, 0.3) is 0 Å². The topological polar surface area (TPSA) is 42.3 Å². The molecule has 0 saturated heterocycles. The Labute approximate surface area is 81.7 Å². The summed E-state index contributed by atoms with van der Waals surface area (Å²) < 4.78 is 9.72. The lowest BCUT2D eigenvalue weighted by Crippen LogP contribution is -2.01. The highest BCUT2D eigenvalue weighted by atomic mass is 35.5. The van der Waals surface area contributed by atoms with Crippen molar-refractivity contribution in [1.82, 2.24) is 0 Å². The summed E-state index contributed by atoms with van der Waals surface area (Å²) in [6.45, 7) is 0. The number of benzene rings is 1. The summed E-state index contributed by atoms with van der Waals surface area (Å²) in [5.41, 5.74) is 0.633. The van der Waals surface area contributed by atoms with Gasteiger partial charge < -0.3 is 9.47 Å². The van der Waals surface area contributed by atoms with Crippen LogP contribution in [0.5, 0.6) is 5.75 Å². The molecule has 0 aliphatic heterocycles. The minimum Gasteiger partial charge on any atom is -0.495 e. The van der Waals surface area contributed by atoms with E-state index >= 15 is 0 Å². The van der Waals surface area contributed by atoms with E-state index in [0.29, 0.717) is 16.3 Å². The van der Waals surface area contributed by atoms with Gasteiger partial charge >= 0.3 is 0 Å². The first-order valence-corrected chi connectivity index (χ1v) is 4.03. The van der Waals surface area contributed by atoms with Crippen LogP contribution in [-0.4, -0.2) is 20.1 Å². The van der Waals surface area contributed by atoms with Gasteiger partial charge in [-0.3, -0.25) is 5.41 Å². The fraction of sp³-hybridized carbons (Fsp3) is 0.222. The second-order valence-electron chi connectivity index (χ2n) is 2.38. The van der Waals surface area contributed by atoms with Crippen LogP contribution in [0.2, 0.25) is 5.02 Å². The average molecular weight is 200 g/mol. The number of hydrogen-bond acceptors (Lipinski definition) is 3. The Hall–Kier alpha value is -1.22. The average Bonchev–Trinajstić information content (AvgIpc) is 2.16. The molecule has 0 aromatic heterocycles. The molecule has 3 nitrogen and oxygen atoms in total. The summed E-state index contributed by atoms with van der Waals surface area (Å²) >= 11 is 5.85. The first-order valence-electron chi connectivity index (χ1n) is 3.65. The molecule has 1 rings (SSSR count). The Bertz CT molecular complexity index is 325. The fourth-order valence-corrected chi connectivity index (χ4v) is 1.18. The van der Waals surface area contributed by atoms with Gasteiger partial charge in [-0.15, -0.1) is 0 Å². The molecule has 0 amide bonds. The molecule has 0 spiro atoms. The van der Waals surface area contributed by atoms with E-state index in [9.17, 15) is 0 Å². The minimum absolute atomic E-state index is 0.0875. The fourth-order valence-electron chi connectivity index (χ4n) is 0.925. The molecule has 0 radical (unpaired) electrons. The lowest BCUT2D eigenvalue weighted by atomic mass is 10.2. The number of ether oxygens (including phenoxy) is 2. The Kier molecular flexibility index (Phi) is 3.14. The van der Waals surface area contributed by atoms with Gasteiger partial charge in [-0.2, -0.15) is 0 Å². The summed E-state index contributed by atoms with van der Waals surface area (Å²) in [7, 11) is 2.99. The first kappa shape index (κ1) is 9.86. The number of hydrogen-bond donors (Lipinski definition) is 1. The quantitative estimate of drug-likeness (QED) is 0.587. The summed E-state index contributed by atoms with van der Waals surface area (Å²) in [4.78, 5) is 0. The van der Waals surface area contributed by atoms with E-state index in [0.717, 1.165) is 0 Å². The standard InChI is InChI=1S/C9H10ClNO2/c1-12-8-4-3-6(5-7(8)10)9(11)13-2/h3-5,11H,1-2H3. The molecule has 0 fully saturated rings. The third kappa shape index (κ3) is 2.12. The number of methoxy groups -OCH3 is 2. The van der Waals surface area contributed by atoms with Crippen molar-refractivity contribution in [2.75, 3.05) is 14.2 Å². The van der Waals surface area contributed by atoms with Crippen LogP contribution in [0.3, 0.4) is 0 Å². The second-order valence-corrected chi connectivity index (χ2v) is 2.79. The first-order chi connectivity index (χ1) is 6.19. The second kappa shape index (κ2) is 4.14. The maximum atomic E-state index is 7.38. The molecule has 0 saturated carbocycles. The normalized spacial score (nSPS) is 9.46. The van der Waals surface area contributed by atoms with Gasteiger partial charge in [0, 0.05) is 5.56 Å². The van der Waals surface area contributed by atoms with E-state index in [4.69, 9.17) is 26.5 Å². The molecule has 4 heteroatoms. The minimum atomic E-state index is 0.0875. The molecule has 0 unspecified atom stereocenters. The van der Waals surface area contributed by atoms with E-state index in [1.807, 2.05) is 0 Å². The van der Waals surface area contributed by atoms with Crippen molar-refractivity contribution in [2.45, 2.75) is 0 Å². The number of rotatable bonds is 2. The third-order valence-electron chi connectivity index (χ3n) is 1.62. The van der Waals surface area contributed by atoms with Crippen LogP contribution in [0.15, 0.2) is 18.2 Å². The van der Waals surface area contributed by atoms with Crippen LogP contribution in [0.25, 0.3) is 0 Å². The molecule has 0 atom stereocenters. The van der Waals surface area contributed by atoms with E-state index in [2.05, 4.69) is 0 Å². The van der Waals surface area contributed by atoms with Crippen molar-refractivity contribution in [3.63, 3.8) is 0 Å². The molecule has 1 aromatic carbocycles. The van der Waals surface area contributed by atoms with Gasteiger partial charge in [-0.05, 0) is 18.2 Å². The molecular weight excluding hydrogens is 190 g/mol. The van der Waals surface area contributed by atoms with Crippen LogP contribution < -0.4 is 4.74 Å². The molecule has 13 heavy (non-hydrogen) atoms. The summed E-state index contributed by atoms with van der Waals surface area (Å²) in [6.07, 6.45) is 0. The predicted octanol–water partition coefficient (Wildman–Crippen LogP) is 2.32. The lowest BCUT2D eigenvalue weighted by molar-refractivity contribution is 0.400. The van der Waals surface area contributed by atoms with Gasteiger partial charge in [0.1, 0.15) is 5.75 Å². The largest absolute Gasteiger partial charge is 0.495 e. The van der Waals surface area contributed by atoms with E-state index in [1.165, 1.54) is 7.11 Å². The van der Waals surface area contributed by atoms with Gasteiger partial charge in [0.05, 0.1) is 19.2 Å². The summed E-state index contributed by atoms with van der Waals surface area (Å²) in [5, 5.41) is 7.85. The molecule has 70 valence electrons. The maximum Gasteiger partial charge on any atom is 0.212 e. The van der Waals surface area contributed by atoms with Crippen molar-refractivity contribution >= 4 is 17.5 Å². The third-order valence-corrected chi connectivity index (χ3v) is 1.91. The maximum absolute atomic E-state index is 7.38. The molecule has 0 aliphatic rings. The predicted molar refractivity (Wildman–Crippen MR) is 51.8 cm³/mol. The van der Waals surface area contributed by atoms with Crippen LogP contribution in [0.1, 0.15) is 5.56 Å². The highest BCUT2D eigenvalue weighted by molar-refractivity contribution is 6.32. The zero-order chi connectivity index (χ0) is 9.84. The Balaban J connectivity index is 3.02. The lowest BCUT2D eigenvalue weighted by Gasteiger charge is -2.05. The smallest absolute Gasteiger partial charge is 0.212 e. The highest BCUT2D eigenvalue weighted by Gasteiger charge is 2.05. The van der Waals surface area contributed by atoms with Crippen molar-refractivity contribution in [2.24, 2.45) is 0 Å². The van der Waals surface area contributed by atoms with Crippen LogP contribution in [0, 0.1) is 5.41 Å². The van der Waals surface area contributed by atoms with Crippen molar-refractivity contribution in [1.29, 1.82) is 5.41 Å². The van der Waals surface area contributed by atoms with Gasteiger partial charge in [0.15, 0.2) is 0 Å². The number of nitrogens with one attached hydrogen (secondary N) is 1. The van der Waals surface area contributed by atoms with Crippen LogP contribution >= 0.6 is 11.6 Å². The van der Waals surface area contributed by atoms with Crippen LogP contribution in [0.4, 0.5) is 0 Å².